The molecule has 0 atom stereocenters. The predicted molar refractivity (Wildman–Crippen MR) is 99.0 cm³/mol. The third-order valence-electron chi connectivity index (χ3n) is 3.71. The van der Waals surface area contributed by atoms with Crippen LogP contribution in [0.25, 0.3) is 10.9 Å². The van der Waals surface area contributed by atoms with Crippen molar-refractivity contribution in [3.8, 4) is 5.75 Å². The van der Waals surface area contributed by atoms with Crippen LogP contribution in [-0.4, -0.2) is 25.1 Å². The molecule has 0 saturated heterocycles. The summed E-state index contributed by atoms with van der Waals surface area (Å²) in [6.45, 7) is 0.0690. The molecule has 2 N–H and O–H groups in total. The second-order valence-electron chi connectivity index (χ2n) is 5.60. The number of nitrogens with one attached hydrogen (secondary N) is 2. The van der Waals surface area contributed by atoms with Gasteiger partial charge in [0.1, 0.15) is 12.4 Å². The van der Waals surface area contributed by atoms with Crippen LogP contribution in [0.5, 0.6) is 5.75 Å². The third kappa shape index (κ3) is 3.98. The molecule has 2 aromatic carbocycles. The van der Waals surface area contributed by atoms with Gasteiger partial charge in [-0.25, -0.2) is 14.4 Å². The van der Waals surface area contributed by atoms with Gasteiger partial charge in [0.25, 0.3) is 5.56 Å². The van der Waals surface area contributed by atoms with Crippen molar-refractivity contribution >= 4 is 22.7 Å². The van der Waals surface area contributed by atoms with E-state index in [9.17, 15) is 9.18 Å². The van der Waals surface area contributed by atoms with E-state index < -0.39 is 5.82 Å². The Bertz CT molecular complexity index is 1140. The summed E-state index contributed by atoms with van der Waals surface area (Å²) >= 11 is 1.32. The first kappa shape index (κ1) is 17.2. The fraction of sp³-hybridized carbons (Fsp3) is 0.111. The number of aromatic nitrogens is 5. The Labute approximate surface area is 157 Å². The molecule has 0 fully saturated rings. The zero-order chi connectivity index (χ0) is 18.6. The maximum absolute atomic E-state index is 13.5. The molecule has 4 rings (SSSR count). The van der Waals surface area contributed by atoms with Gasteiger partial charge in [0, 0.05) is 0 Å². The van der Waals surface area contributed by atoms with Crippen LogP contribution in [0.3, 0.4) is 0 Å². The van der Waals surface area contributed by atoms with E-state index in [-0.39, 0.29) is 17.9 Å². The van der Waals surface area contributed by atoms with E-state index in [1.54, 1.807) is 36.4 Å². The molecule has 0 saturated carbocycles. The van der Waals surface area contributed by atoms with Crippen LogP contribution in [0.1, 0.15) is 11.6 Å². The number of benzene rings is 2. The number of halogens is 1. The summed E-state index contributed by atoms with van der Waals surface area (Å²) in [6.07, 6.45) is 0. The van der Waals surface area contributed by atoms with Crippen molar-refractivity contribution < 1.29 is 9.13 Å². The maximum atomic E-state index is 13.5. The lowest BCUT2D eigenvalue weighted by atomic mass is 10.2. The van der Waals surface area contributed by atoms with Crippen molar-refractivity contribution in [2.75, 3.05) is 0 Å². The van der Waals surface area contributed by atoms with Gasteiger partial charge < -0.3 is 9.72 Å². The van der Waals surface area contributed by atoms with Gasteiger partial charge in [-0.2, -0.15) is 0 Å². The van der Waals surface area contributed by atoms with Crippen molar-refractivity contribution in [2.24, 2.45) is 0 Å². The molecule has 0 aliphatic rings. The number of rotatable bonds is 6. The Hall–Kier alpha value is -3.20. The van der Waals surface area contributed by atoms with Crippen LogP contribution in [0.15, 0.2) is 58.5 Å². The Kier molecular flexibility index (Phi) is 4.84. The van der Waals surface area contributed by atoms with E-state index in [0.29, 0.717) is 33.5 Å². The molecule has 0 bridgehead atoms. The summed E-state index contributed by atoms with van der Waals surface area (Å²) in [6, 6.07) is 13.3. The van der Waals surface area contributed by atoms with Crippen molar-refractivity contribution in [2.45, 2.75) is 17.5 Å². The van der Waals surface area contributed by atoms with E-state index >= 15 is 0 Å². The first-order valence-electron chi connectivity index (χ1n) is 8.08. The second kappa shape index (κ2) is 7.58. The number of hydrogen-bond donors (Lipinski definition) is 2. The van der Waals surface area contributed by atoms with Crippen LogP contribution in [0.2, 0.25) is 0 Å². The fourth-order valence-electron chi connectivity index (χ4n) is 2.45. The summed E-state index contributed by atoms with van der Waals surface area (Å²) in [5.74, 6) is 1.14. The normalized spacial score (nSPS) is 11.0. The van der Waals surface area contributed by atoms with Crippen molar-refractivity contribution in [3.05, 3.63) is 76.4 Å². The number of hydrogen-bond acceptors (Lipinski definition) is 6. The molecule has 0 aliphatic carbocycles. The van der Waals surface area contributed by atoms with Crippen LogP contribution in [-0.2, 0) is 12.4 Å². The fourth-order valence-corrected chi connectivity index (χ4v) is 3.14. The molecular weight excluding hydrogens is 369 g/mol. The molecule has 136 valence electrons. The number of para-hydroxylation sites is 2. The molecule has 0 spiro atoms. The van der Waals surface area contributed by atoms with Gasteiger partial charge >= 0.3 is 0 Å². The van der Waals surface area contributed by atoms with Crippen LogP contribution in [0, 0.1) is 5.82 Å². The van der Waals surface area contributed by atoms with E-state index in [1.165, 1.54) is 17.8 Å². The van der Waals surface area contributed by atoms with Crippen LogP contribution in [0.4, 0.5) is 4.39 Å². The topological polar surface area (TPSA) is 96.5 Å². The van der Waals surface area contributed by atoms with Crippen LogP contribution < -0.4 is 10.3 Å². The molecule has 0 amide bonds. The molecule has 0 aliphatic heterocycles. The average Bonchev–Trinajstić information content (AvgIpc) is 3.14. The van der Waals surface area contributed by atoms with Gasteiger partial charge in [-0.05, 0) is 24.3 Å². The highest BCUT2D eigenvalue weighted by Gasteiger charge is 2.09. The Balaban J connectivity index is 1.40. The summed E-state index contributed by atoms with van der Waals surface area (Å²) in [5, 5.41) is 7.87. The monoisotopic (exact) mass is 383 g/mol. The second-order valence-corrected chi connectivity index (χ2v) is 6.54. The van der Waals surface area contributed by atoms with Crippen molar-refractivity contribution in [1.29, 1.82) is 0 Å². The standard InChI is InChI=1S/C18H14FN5O2S/c19-12-6-2-4-8-14(12)26-9-15-22-18(24-23-15)27-10-16-20-13-7-3-1-5-11(13)17(25)21-16/h1-8H,9-10H2,(H,20,21,25)(H,22,23,24). The molecule has 9 heteroatoms. The minimum absolute atomic E-state index is 0.0690. The summed E-state index contributed by atoms with van der Waals surface area (Å²) < 4.78 is 18.9. The number of ether oxygens (including phenoxy) is 1. The minimum atomic E-state index is -0.432. The van der Waals surface area contributed by atoms with Gasteiger partial charge in [0.15, 0.2) is 17.4 Å². The van der Waals surface area contributed by atoms with Crippen LogP contribution >= 0.6 is 11.8 Å². The zero-order valence-electron chi connectivity index (χ0n) is 14.0. The summed E-state index contributed by atoms with van der Waals surface area (Å²) in [4.78, 5) is 23.6. The molecule has 4 aromatic rings. The third-order valence-corrected chi connectivity index (χ3v) is 4.57. The quantitative estimate of drug-likeness (QED) is 0.497. The molecular formula is C18H14FN5O2S. The van der Waals surface area contributed by atoms with Gasteiger partial charge in [0.2, 0.25) is 5.16 Å². The number of nitrogens with zero attached hydrogens (tertiary/aromatic N) is 3. The minimum Gasteiger partial charge on any atom is -0.483 e. The van der Waals surface area contributed by atoms with E-state index in [2.05, 4.69) is 25.1 Å². The summed E-state index contributed by atoms with van der Waals surface area (Å²) in [7, 11) is 0. The Morgan fingerprint density at radius 1 is 1.04 bits per heavy atom. The smallest absolute Gasteiger partial charge is 0.258 e. The molecule has 2 heterocycles. The van der Waals surface area contributed by atoms with Gasteiger partial charge in [-0.3, -0.25) is 9.89 Å². The Morgan fingerprint density at radius 3 is 2.74 bits per heavy atom. The average molecular weight is 383 g/mol. The highest BCUT2D eigenvalue weighted by atomic mass is 32.2. The van der Waals surface area contributed by atoms with E-state index in [1.807, 2.05) is 6.07 Å². The molecule has 0 unspecified atom stereocenters. The highest BCUT2D eigenvalue weighted by molar-refractivity contribution is 7.98. The number of thioether (sulfide) groups is 1. The number of H-pyrrole nitrogens is 2. The molecule has 0 radical (unpaired) electrons. The highest BCUT2D eigenvalue weighted by Crippen LogP contribution is 2.19. The number of aromatic amines is 2. The van der Waals surface area contributed by atoms with Crippen molar-refractivity contribution in [1.82, 2.24) is 25.1 Å². The van der Waals surface area contributed by atoms with Gasteiger partial charge in [-0.15, -0.1) is 5.10 Å². The largest absolute Gasteiger partial charge is 0.483 e. The lowest BCUT2D eigenvalue weighted by Crippen LogP contribution is -2.11. The predicted octanol–water partition coefficient (Wildman–Crippen LogP) is 3.05. The summed E-state index contributed by atoms with van der Waals surface area (Å²) in [5.41, 5.74) is 0.468. The lowest BCUT2D eigenvalue weighted by Gasteiger charge is -2.04. The van der Waals surface area contributed by atoms with E-state index in [0.717, 1.165) is 0 Å². The number of fused-ring (bicyclic) bond motifs is 1. The first-order chi connectivity index (χ1) is 13.2. The zero-order valence-corrected chi connectivity index (χ0v) is 14.8. The molecule has 2 aromatic heterocycles. The first-order valence-corrected chi connectivity index (χ1v) is 9.07. The van der Waals surface area contributed by atoms with Crippen molar-refractivity contribution in [3.63, 3.8) is 0 Å². The van der Waals surface area contributed by atoms with E-state index in [4.69, 9.17) is 4.74 Å². The lowest BCUT2D eigenvalue weighted by molar-refractivity contribution is 0.281. The SMILES string of the molecule is O=c1[nH]c(CSc2n[nH]c(COc3ccccc3F)n2)nc2ccccc12. The van der Waals surface area contributed by atoms with Gasteiger partial charge in [0.05, 0.1) is 16.7 Å². The molecule has 7 nitrogen and oxygen atoms in total. The maximum Gasteiger partial charge on any atom is 0.258 e. The Morgan fingerprint density at radius 2 is 1.85 bits per heavy atom. The van der Waals surface area contributed by atoms with Gasteiger partial charge in [-0.1, -0.05) is 36.0 Å². The molecule has 27 heavy (non-hydrogen) atoms.